The van der Waals surface area contributed by atoms with Crippen LogP contribution in [-0.4, -0.2) is 24.9 Å². The Bertz CT molecular complexity index is 4590. The zero-order valence-electron chi connectivity index (χ0n) is 46.7. The van der Waals surface area contributed by atoms with Crippen molar-refractivity contribution in [2.45, 2.75) is 53.1 Å². The van der Waals surface area contributed by atoms with E-state index in [0.717, 1.165) is 11.4 Å². The molecule has 0 amide bonds. The molecule has 386 valence electrons. The van der Waals surface area contributed by atoms with Gasteiger partial charge in [0.15, 0.2) is 0 Å². The number of fused-ring (bicyclic) bond motifs is 12. The largest absolute Gasteiger partial charge is 0.309 e. The Morgan fingerprint density at radius 1 is 0.312 bits per heavy atom. The third-order valence-electron chi connectivity index (χ3n) is 17.1. The summed E-state index contributed by atoms with van der Waals surface area (Å²) in [5.74, 6) is 0. The van der Waals surface area contributed by atoms with E-state index in [-0.39, 0.29) is 0 Å². The molecule has 0 radical (unpaired) electrons. The van der Waals surface area contributed by atoms with Gasteiger partial charge in [-0.25, -0.2) is 0 Å². The summed E-state index contributed by atoms with van der Waals surface area (Å²) in [7, 11) is -3.89. The number of hydrogen-bond acceptors (Lipinski definition) is 2. The molecular weight excluding hydrogens is 1000 g/mol. The van der Waals surface area contributed by atoms with E-state index in [1.807, 2.05) is 0 Å². The molecule has 0 saturated carbocycles. The molecule has 4 aromatic heterocycles. The fourth-order valence-corrected chi connectivity index (χ4v) is 16.6. The first-order chi connectivity index (χ1) is 38.8. The van der Waals surface area contributed by atoms with E-state index >= 15 is 0 Å². The second-order valence-corrected chi connectivity index (χ2v) is 34.4. The normalized spacial score (nSPS) is 12.5. The molecule has 0 spiro atoms. The van der Waals surface area contributed by atoms with Crippen LogP contribution in [0.3, 0.4) is 0 Å². The van der Waals surface area contributed by atoms with Gasteiger partial charge in [-0.3, -0.25) is 0 Å². The third-order valence-corrected chi connectivity index (χ3v) is 21.2. The highest BCUT2D eigenvalue weighted by Gasteiger charge is 2.33. The van der Waals surface area contributed by atoms with Crippen LogP contribution in [0.25, 0.3) is 98.4 Å². The zero-order valence-corrected chi connectivity index (χ0v) is 48.7. The van der Waals surface area contributed by atoms with Crippen LogP contribution >= 0.6 is 0 Å². The summed E-state index contributed by atoms with van der Waals surface area (Å²) in [4.78, 5) is 5.21. The Kier molecular flexibility index (Phi) is 10.7. The predicted molar refractivity (Wildman–Crippen MR) is 351 cm³/mol. The molecule has 80 heavy (non-hydrogen) atoms. The summed E-state index contributed by atoms with van der Waals surface area (Å²) in [5.41, 5.74) is 22.0. The number of rotatable bonds is 10. The molecule has 0 atom stereocenters. The Labute approximate surface area is 469 Å². The summed E-state index contributed by atoms with van der Waals surface area (Å²) in [6, 6.07) is 87.3. The molecule has 0 aliphatic carbocycles. The Morgan fingerprint density at radius 3 is 1.07 bits per heavy atom. The van der Waals surface area contributed by atoms with E-state index in [9.17, 15) is 0 Å². The molecule has 0 saturated heterocycles. The van der Waals surface area contributed by atoms with Gasteiger partial charge in [-0.05, 0) is 96.0 Å². The van der Waals surface area contributed by atoms with Crippen LogP contribution in [0.5, 0.6) is 0 Å². The van der Waals surface area contributed by atoms with Crippen LogP contribution in [-0.2, 0) is 0 Å². The van der Waals surface area contributed by atoms with E-state index < -0.39 is 16.1 Å². The lowest BCUT2D eigenvalue weighted by Gasteiger charge is -2.34. The molecule has 11 aromatic carbocycles. The Morgan fingerprint density at radius 2 is 0.688 bits per heavy atom. The van der Waals surface area contributed by atoms with E-state index in [4.69, 9.17) is 0 Å². The van der Waals surface area contributed by atoms with Crippen molar-refractivity contribution in [3.63, 3.8) is 0 Å². The van der Waals surface area contributed by atoms with Gasteiger partial charge in [0.25, 0.3) is 0 Å². The molecule has 4 nitrogen and oxygen atoms in total. The van der Waals surface area contributed by atoms with Crippen LogP contribution in [0.2, 0.25) is 39.3 Å². The Hall–Kier alpha value is -8.95. The van der Waals surface area contributed by atoms with Gasteiger partial charge in [0.1, 0.15) is 0 Å². The Balaban J connectivity index is 1.03. The lowest BCUT2D eigenvalue weighted by atomic mass is 9.99. The average molecular weight is 1060 g/mol. The SMILES string of the molecule is Cc1ccc(N(c2c(-c3ccccc3)cccc2[Si](C)(C)C)c2ccc3c4cc5c(cc4n4c6ccccc6c2c34)c2ccc(N(c3ccc(C)cc3)c3c(-c4ccccc4)cccc3[Si](C)(C)C)c3c4ccccc4n5c23)cc1. The summed E-state index contributed by atoms with van der Waals surface area (Å²) in [6.07, 6.45) is 0. The van der Waals surface area contributed by atoms with E-state index in [0.29, 0.717) is 0 Å². The maximum absolute atomic E-state index is 2.61. The number of benzene rings is 11. The van der Waals surface area contributed by atoms with Crippen molar-refractivity contribution in [3.05, 3.63) is 242 Å². The van der Waals surface area contributed by atoms with Crippen LogP contribution < -0.4 is 20.2 Å². The number of aryl methyl sites for hydroxylation is 2. The fraction of sp³-hybridized carbons (Fsp3) is 0.108. The van der Waals surface area contributed by atoms with Gasteiger partial charge in [0.2, 0.25) is 0 Å². The predicted octanol–water partition coefficient (Wildman–Crippen LogP) is 20.0. The van der Waals surface area contributed by atoms with E-state index in [2.05, 4.69) is 302 Å². The minimum Gasteiger partial charge on any atom is -0.309 e. The number of aromatic nitrogens is 2. The van der Waals surface area contributed by atoms with Crippen molar-refractivity contribution in [2.75, 3.05) is 9.80 Å². The summed E-state index contributed by atoms with van der Waals surface area (Å²) >= 11 is 0. The minimum atomic E-state index is -1.95. The van der Waals surface area contributed by atoms with Crippen molar-refractivity contribution >= 4 is 137 Å². The second kappa shape index (κ2) is 17.8. The third kappa shape index (κ3) is 7.18. The molecule has 0 aliphatic rings. The summed E-state index contributed by atoms with van der Waals surface area (Å²) in [6.45, 7) is 19.3. The van der Waals surface area contributed by atoms with Gasteiger partial charge in [-0.1, -0.05) is 220 Å². The standard InChI is InChI=1S/C74H62N4Si2/c1-47-33-37-51(38-34-47)75(71-53(49-21-11-9-12-22-49)27-19-31-67(71)79(3,4)5)63-43-41-55-59-45-66-60(46-65(59)77-61-29-17-15-25-57(61)69(63)73(55)77)56-42-44-64(70-58-26-16-18-30-62(58)78(66)74(56)70)76(52-39-35-48(2)36-40-52)72-54(50-23-13-10-14-24-50)28-20-32-68(72)80(6,7)8/h9-46H,1-8H3. The molecule has 0 N–H and O–H groups in total. The van der Waals surface area contributed by atoms with E-state index in [1.54, 1.807) is 0 Å². The van der Waals surface area contributed by atoms with Gasteiger partial charge >= 0.3 is 0 Å². The van der Waals surface area contributed by atoms with Gasteiger partial charge in [-0.2, -0.15) is 0 Å². The summed E-state index contributed by atoms with van der Waals surface area (Å²) in [5, 5.41) is 12.9. The van der Waals surface area contributed by atoms with Gasteiger partial charge in [0, 0.05) is 65.6 Å². The number of hydrogen-bond donors (Lipinski definition) is 0. The number of nitrogens with zero attached hydrogens (tertiary/aromatic N) is 4. The lowest BCUT2D eigenvalue weighted by molar-refractivity contribution is 1.29. The average Bonchev–Trinajstić information content (AvgIpc) is 4.40. The van der Waals surface area contributed by atoms with Crippen LogP contribution in [0.1, 0.15) is 11.1 Å². The van der Waals surface area contributed by atoms with Crippen LogP contribution in [0.15, 0.2) is 231 Å². The highest BCUT2D eigenvalue weighted by Crippen LogP contribution is 2.53. The van der Waals surface area contributed by atoms with Gasteiger partial charge < -0.3 is 18.6 Å². The van der Waals surface area contributed by atoms with Crippen molar-refractivity contribution in [1.82, 2.24) is 8.80 Å². The van der Waals surface area contributed by atoms with Gasteiger partial charge in [0.05, 0.1) is 72.0 Å². The van der Waals surface area contributed by atoms with Crippen molar-refractivity contribution in [3.8, 4) is 22.3 Å². The molecular formula is C74H62N4Si2. The molecule has 6 heteroatoms. The highest BCUT2D eigenvalue weighted by molar-refractivity contribution is 6.90. The first kappa shape index (κ1) is 48.2. The van der Waals surface area contributed by atoms with E-state index in [1.165, 1.54) is 143 Å². The fourth-order valence-electron chi connectivity index (χ4n) is 13.5. The lowest BCUT2D eigenvalue weighted by Crippen LogP contribution is -2.41. The molecule has 0 bridgehead atoms. The first-order valence-electron chi connectivity index (χ1n) is 28.3. The molecule has 4 heterocycles. The smallest absolute Gasteiger partial charge is 0.0803 e. The monoisotopic (exact) mass is 1060 g/mol. The minimum absolute atomic E-state index is 1.15. The van der Waals surface area contributed by atoms with Crippen molar-refractivity contribution in [1.29, 1.82) is 0 Å². The van der Waals surface area contributed by atoms with Gasteiger partial charge in [-0.15, -0.1) is 0 Å². The first-order valence-corrected chi connectivity index (χ1v) is 35.3. The van der Waals surface area contributed by atoms with Crippen LogP contribution in [0, 0.1) is 13.8 Å². The topological polar surface area (TPSA) is 15.3 Å². The zero-order chi connectivity index (χ0) is 54.3. The number of para-hydroxylation sites is 4. The molecule has 15 rings (SSSR count). The molecule has 15 aromatic rings. The highest BCUT2D eigenvalue weighted by atomic mass is 28.3. The quantitative estimate of drug-likeness (QED) is 0.127. The maximum atomic E-state index is 2.61. The van der Waals surface area contributed by atoms with Crippen molar-refractivity contribution in [2.24, 2.45) is 0 Å². The summed E-state index contributed by atoms with van der Waals surface area (Å²) < 4.78 is 5.17. The molecule has 0 aliphatic heterocycles. The van der Waals surface area contributed by atoms with Crippen LogP contribution in [0.4, 0.5) is 34.1 Å². The second-order valence-electron chi connectivity index (χ2n) is 24.3. The van der Waals surface area contributed by atoms with Crippen molar-refractivity contribution < 1.29 is 0 Å². The molecule has 0 fully saturated rings. The maximum Gasteiger partial charge on any atom is 0.0803 e. The molecule has 0 unspecified atom stereocenters. The number of anilines is 6.